The van der Waals surface area contributed by atoms with Crippen molar-refractivity contribution >= 4 is 11.8 Å². The summed E-state index contributed by atoms with van der Waals surface area (Å²) in [4.78, 5) is 28.2. The monoisotopic (exact) mass is 343 g/mol. The lowest BCUT2D eigenvalue weighted by molar-refractivity contribution is -0.120. The average Bonchev–Trinajstić information content (AvgIpc) is 2.66. The molecule has 2 amide bonds. The van der Waals surface area contributed by atoms with Crippen LogP contribution in [0.3, 0.4) is 0 Å². The smallest absolute Gasteiger partial charge is 0.251 e. The lowest BCUT2D eigenvalue weighted by Gasteiger charge is -2.14. The van der Waals surface area contributed by atoms with Crippen LogP contribution in [0.5, 0.6) is 11.5 Å². The van der Waals surface area contributed by atoms with Gasteiger partial charge in [0.05, 0.1) is 26.8 Å². The number of nitrogens with one attached hydrogen (secondary N) is 2. The molecule has 0 bridgehead atoms. The SMILES string of the molecule is COc1cc(OC)cc(C(=O)NCC(=O)NC(C)c2ccncc2)c1. The molecule has 0 spiro atoms. The summed E-state index contributed by atoms with van der Waals surface area (Å²) in [5.74, 6) is 0.331. The Morgan fingerprint density at radius 2 is 1.68 bits per heavy atom. The molecule has 1 unspecified atom stereocenters. The van der Waals surface area contributed by atoms with E-state index in [9.17, 15) is 9.59 Å². The third kappa shape index (κ3) is 5.20. The van der Waals surface area contributed by atoms with Crippen molar-refractivity contribution in [1.29, 1.82) is 0 Å². The molecule has 7 heteroatoms. The first-order valence-corrected chi connectivity index (χ1v) is 7.74. The van der Waals surface area contributed by atoms with Crippen LogP contribution in [0, 0.1) is 0 Å². The highest BCUT2D eigenvalue weighted by molar-refractivity contribution is 5.97. The number of nitrogens with zero attached hydrogens (tertiary/aromatic N) is 1. The van der Waals surface area contributed by atoms with Crippen molar-refractivity contribution in [2.45, 2.75) is 13.0 Å². The van der Waals surface area contributed by atoms with E-state index in [1.165, 1.54) is 14.2 Å². The molecule has 25 heavy (non-hydrogen) atoms. The molecule has 0 radical (unpaired) electrons. The van der Waals surface area contributed by atoms with E-state index >= 15 is 0 Å². The van der Waals surface area contributed by atoms with E-state index in [1.807, 2.05) is 19.1 Å². The molecule has 132 valence electrons. The highest BCUT2D eigenvalue weighted by Gasteiger charge is 2.13. The second kappa shape index (κ2) is 8.68. The summed E-state index contributed by atoms with van der Waals surface area (Å²) in [6.07, 6.45) is 3.33. The van der Waals surface area contributed by atoms with E-state index in [-0.39, 0.29) is 24.4 Å². The summed E-state index contributed by atoms with van der Waals surface area (Å²) >= 11 is 0. The van der Waals surface area contributed by atoms with Crippen LogP contribution in [-0.4, -0.2) is 37.6 Å². The van der Waals surface area contributed by atoms with Gasteiger partial charge >= 0.3 is 0 Å². The number of hydrogen-bond acceptors (Lipinski definition) is 5. The zero-order valence-electron chi connectivity index (χ0n) is 14.4. The predicted molar refractivity (Wildman–Crippen MR) is 92.7 cm³/mol. The summed E-state index contributed by atoms with van der Waals surface area (Å²) < 4.78 is 10.3. The summed E-state index contributed by atoms with van der Waals surface area (Å²) in [5, 5.41) is 5.40. The van der Waals surface area contributed by atoms with Crippen molar-refractivity contribution in [2.24, 2.45) is 0 Å². The van der Waals surface area contributed by atoms with Crippen molar-refractivity contribution in [1.82, 2.24) is 15.6 Å². The Hall–Kier alpha value is -3.09. The maximum Gasteiger partial charge on any atom is 0.251 e. The predicted octanol–water partition coefficient (Wildman–Crippen LogP) is 1.71. The molecular formula is C18H21N3O4. The summed E-state index contributed by atoms with van der Waals surface area (Å²) in [6.45, 7) is 1.73. The van der Waals surface area contributed by atoms with Gasteiger partial charge in [-0.15, -0.1) is 0 Å². The molecule has 0 aliphatic rings. The Balaban J connectivity index is 1.92. The van der Waals surface area contributed by atoms with Gasteiger partial charge in [0.1, 0.15) is 11.5 Å². The first-order chi connectivity index (χ1) is 12.0. The Bertz CT molecular complexity index is 712. The zero-order valence-corrected chi connectivity index (χ0v) is 14.4. The number of rotatable bonds is 7. The fourth-order valence-corrected chi connectivity index (χ4v) is 2.23. The largest absolute Gasteiger partial charge is 0.497 e. The third-order valence-corrected chi connectivity index (χ3v) is 3.61. The highest BCUT2D eigenvalue weighted by atomic mass is 16.5. The number of aromatic nitrogens is 1. The number of ether oxygens (including phenoxy) is 2. The van der Waals surface area contributed by atoms with Crippen LogP contribution in [0.1, 0.15) is 28.9 Å². The van der Waals surface area contributed by atoms with E-state index in [2.05, 4.69) is 15.6 Å². The quantitative estimate of drug-likeness (QED) is 0.799. The lowest BCUT2D eigenvalue weighted by Crippen LogP contribution is -2.38. The molecule has 1 atom stereocenters. The number of methoxy groups -OCH3 is 2. The van der Waals surface area contributed by atoms with E-state index in [0.717, 1.165) is 5.56 Å². The Morgan fingerprint density at radius 3 is 2.24 bits per heavy atom. The molecule has 2 aromatic rings. The Kier molecular flexibility index (Phi) is 6.33. The summed E-state index contributed by atoms with van der Waals surface area (Å²) in [7, 11) is 3.01. The van der Waals surface area contributed by atoms with Gasteiger partial charge < -0.3 is 20.1 Å². The highest BCUT2D eigenvalue weighted by Crippen LogP contribution is 2.22. The van der Waals surface area contributed by atoms with Crippen molar-refractivity contribution < 1.29 is 19.1 Å². The second-order valence-electron chi connectivity index (χ2n) is 5.35. The number of benzene rings is 1. The molecule has 0 saturated carbocycles. The van der Waals surface area contributed by atoms with E-state index in [4.69, 9.17) is 9.47 Å². The van der Waals surface area contributed by atoms with E-state index in [1.54, 1.807) is 30.6 Å². The molecule has 2 N–H and O–H groups in total. The van der Waals surface area contributed by atoms with Gasteiger partial charge in [-0.1, -0.05) is 0 Å². The van der Waals surface area contributed by atoms with Gasteiger partial charge in [0.15, 0.2) is 0 Å². The van der Waals surface area contributed by atoms with Crippen LogP contribution in [0.25, 0.3) is 0 Å². The first kappa shape index (κ1) is 18.3. The molecule has 2 rings (SSSR count). The molecule has 1 aromatic heterocycles. The van der Waals surface area contributed by atoms with Crippen LogP contribution < -0.4 is 20.1 Å². The lowest BCUT2D eigenvalue weighted by atomic mass is 10.1. The van der Waals surface area contributed by atoms with Gasteiger partial charge in [-0.3, -0.25) is 14.6 Å². The molecule has 0 aliphatic heterocycles. The minimum absolute atomic E-state index is 0.131. The van der Waals surface area contributed by atoms with Crippen LogP contribution in [0.2, 0.25) is 0 Å². The van der Waals surface area contributed by atoms with Gasteiger partial charge in [0, 0.05) is 24.0 Å². The maximum atomic E-state index is 12.2. The molecule has 0 aliphatic carbocycles. The fourth-order valence-electron chi connectivity index (χ4n) is 2.23. The van der Waals surface area contributed by atoms with Gasteiger partial charge in [0.2, 0.25) is 5.91 Å². The van der Waals surface area contributed by atoms with Crippen LogP contribution in [0.4, 0.5) is 0 Å². The standard InChI is InChI=1S/C18H21N3O4/c1-12(13-4-6-19-7-5-13)21-17(22)11-20-18(23)14-8-15(24-2)10-16(9-14)25-3/h4-10,12H,11H2,1-3H3,(H,20,23)(H,21,22). The summed E-state index contributed by atoms with van der Waals surface area (Å²) in [5.41, 5.74) is 1.29. The minimum atomic E-state index is -0.385. The van der Waals surface area contributed by atoms with Gasteiger partial charge in [-0.05, 0) is 36.8 Å². The molecule has 1 aromatic carbocycles. The van der Waals surface area contributed by atoms with Crippen LogP contribution >= 0.6 is 0 Å². The van der Waals surface area contributed by atoms with Gasteiger partial charge in [-0.2, -0.15) is 0 Å². The second-order valence-corrected chi connectivity index (χ2v) is 5.35. The molecular weight excluding hydrogens is 322 g/mol. The van der Waals surface area contributed by atoms with Gasteiger partial charge in [-0.25, -0.2) is 0 Å². The molecule has 0 fully saturated rings. The summed E-state index contributed by atoms with van der Waals surface area (Å²) in [6, 6.07) is 8.30. The van der Waals surface area contributed by atoms with Crippen LogP contribution in [0.15, 0.2) is 42.7 Å². The average molecular weight is 343 g/mol. The number of carbonyl (C=O) groups excluding carboxylic acids is 2. The number of amides is 2. The third-order valence-electron chi connectivity index (χ3n) is 3.61. The maximum absolute atomic E-state index is 12.2. The minimum Gasteiger partial charge on any atom is -0.497 e. The molecule has 1 heterocycles. The Morgan fingerprint density at radius 1 is 1.08 bits per heavy atom. The number of carbonyl (C=O) groups is 2. The van der Waals surface area contributed by atoms with E-state index < -0.39 is 0 Å². The topological polar surface area (TPSA) is 89.5 Å². The van der Waals surface area contributed by atoms with Crippen molar-refractivity contribution in [3.05, 3.63) is 53.9 Å². The van der Waals surface area contributed by atoms with Crippen molar-refractivity contribution in [3.63, 3.8) is 0 Å². The molecule has 7 nitrogen and oxygen atoms in total. The van der Waals surface area contributed by atoms with Gasteiger partial charge in [0.25, 0.3) is 5.91 Å². The number of hydrogen-bond donors (Lipinski definition) is 2. The van der Waals surface area contributed by atoms with E-state index in [0.29, 0.717) is 17.1 Å². The van der Waals surface area contributed by atoms with Crippen LogP contribution in [-0.2, 0) is 4.79 Å². The Labute approximate surface area is 146 Å². The molecule has 0 saturated heterocycles. The zero-order chi connectivity index (χ0) is 18.2. The van der Waals surface area contributed by atoms with Crippen molar-refractivity contribution in [2.75, 3.05) is 20.8 Å². The van der Waals surface area contributed by atoms with Crippen molar-refractivity contribution in [3.8, 4) is 11.5 Å². The number of pyridine rings is 1. The fraction of sp³-hybridized carbons (Fsp3) is 0.278. The normalized spacial score (nSPS) is 11.3. The first-order valence-electron chi connectivity index (χ1n) is 7.74.